The van der Waals surface area contributed by atoms with Crippen molar-refractivity contribution in [2.24, 2.45) is 0 Å². The Labute approximate surface area is 146 Å². The lowest BCUT2D eigenvalue weighted by Crippen LogP contribution is -1.96. The molecule has 0 atom stereocenters. The van der Waals surface area contributed by atoms with Crippen molar-refractivity contribution in [3.8, 4) is 16.9 Å². The molecular weight excluding hydrogens is 312 g/mol. The second-order valence-corrected chi connectivity index (χ2v) is 5.88. The third kappa shape index (κ3) is 3.78. The molecule has 2 N–H and O–H groups in total. The van der Waals surface area contributed by atoms with Gasteiger partial charge in [-0.05, 0) is 46.9 Å². The van der Waals surface area contributed by atoms with E-state index in [1.54, 1.807) is 24.3 Å². The van der Waals surface area contributed by atoms with Gasteiger partial charge in [-0.25, -0.2) is 4.79 Å². The Morgan fingerprint density at radius 2 is 1.44 bits per heavy atom. The summed E-state index contributed by atoms with van der Waals surface area (Å²) in [4.78, 5) is 10.9. The number of aromatic carboxylic acids is 1. The summed E-state index contributed by atoms with van der Waals surface area (Å²) in [6.07, 6.45) is 0.649. The molecule has 0 aromatic heterocycles. The Bertz CT molecular complexity index is 907. The fourth-order valence-electron chi connectivity index (χ4n) is 2.72. The van der Waals surface area contributed by atoms with Gasteiger partial charge in [-0.15, -0.1) is 0 Å². The van der Waals surface area contributed by atoms with E-state index in [1.165, 1.54) is 0 Å². The second-order valence-electron chi connectivity index (χ2n) is 5.88. The first kappa shape index (κ1) is 16.5. The quantitative estimate of drug-likeness (QED) is 0.691. The molecule has 0 saturated heterocycles. The van der Waals surface area contributed by atoms with E-state index < -0.39 is 5.97 Å². The summed E-state index contributed by atoms with van der Waals surface area (Å²) in [5.74, 6) is -0.669. The van der Waals surface area contributed by atoms with E-state index in [4.69, 9.17) is 5.11 Å². The van der Waals surface area contributed by atoms with Crippen LogP contribution < -0.4 is 0 Å². The van der Waals surface area contributed by atoms with Crippen LogP contribution in [-0.2, 0) is 6.42 Å². The summed E-state index contributed by atoms with van der Waals surface area (Å²) < 4.78 is 0. The van der Waals surface area contributed by atoms with Crippen LogP contribution in [0.3, 0.4) is 0 Å². The van der Waals surface area contributed by atoms with Crippen molar-refractivity contribution in [1.29, 1.82) is 0 Å². The van der Waals surface area contributed by atoms with Gasteiger partial charge >= 0.3 is 5.97 Å². The molecule has 3 aromatic rings. The molecule has 3 nitrogen and oxygen atoms in total. The SMILES string of the molecule is C=C(Cc1ccc(C(=O)O)cc1)c1ccc(-c2ccccc2O)cc1. The lowest BCUT2D eigenvalue weighted by molar-refractivity contribution is 0.0697. The molecule has 0 amide bonds. The van der Waals surface area contributed by atoms with Gasteiger partial charge in [0.05, 0.1) is 5.56 Å². The fourth-order valence-corrected chi connectivity index (χ4v) is 2.72. The highest BCUT2D eigenvalue weighted by Crippen LogP contribution is 2.29. The van der Waals surface area contributed by atoms with Crippen molar-refractivity contribution in [2.45, 2.75) is 6.42 Å². The number of allylic oxidation sites excluding steroid dienone is 1. The van der Waals surface area contributed by atoms with Crippen LogP contribution in [0.25, 0.3) is 16.7 Å². The molecule has 124 valence electrons. The van der Waals surface area contributed by atoms with Crippen LogP contribution in [0.1, 0.15) is 21.5 Å². The van der Waals surface area contributed by atoms with E-state index in [2.05, 4.69) is 6.58 Å². The Morgan fingerprint density at radius 1 is 0.840 bits per heavy atom. The smallest absolute Gasteiger partial charge is 0.335 e. The molecule has 3 rings (SSSR count). The number of para-hydroxylation sites is 1. The molecule has 3 heteroatoms. The molecule has 0 fully saturated rings. The maximum Gasteiger partial charge on any atom is 0.335 e. The van der Waals surface area contributed by atoms with E-state index in [0.29, 0.717) is 6.42 Å². The minimum Gasteiger partial charge on any atom is -0.507 e. The van der Waals surface area contributed by atoms with Crippen LogP contribution in [0.4, 0.5) is 0 Å². The zero-order valence-electron chi connectivity index (χ0n) is 13.6. The topological polar surface area (TPSA) is 57.5 Å². The maximum absolute atomic E-state index is 10.9. The van der Waals surface area contributed by atoms with Gasteiger partial charge in [-0.2, -0.15) is 0 Å². The average molecular weight is 330 g/mol. The van der Waals surface area contributed by atoms with Gasteiger partial charge in [0.15, 0.2) is 0 Å². The standard InChI is InChI=1S/C22H18O3/c1-15(14-16-6-8-19(9-7-16)22(24)25)17-10-12-18(13-11-17)20-4-2-3-5-21(20)23/h2-13,23H,1,14H2,(H,24,25). The number of phenolic OH excluding ortho intramolecular Hbond substituents is 1. The van der Waals surface area contributed by atoms with Crippen LogP contribution in [0.5, 0.6) is 5.75 Å². The van der Waals surface area contributed by atoms with E-state index in [1.807, 2.05) is 48.5 Å². The van der Waals surface area contributed by atoms with Crippen LogP contribution in [0, 0.1) is 0 Å². The Balaban J connectivity index is 1.74. The minimum atomic E-state index is -0.926. The molecule has 0 saturated carbocycles. The molecule has 0 aliphatic carbocycles. The summed E-state index contributed by atoms with van der Waals surface area (Å²) in [6, 6.07) is 21.9. The first-order valence-corrected chi connectivity index (χ1v) is 7.93. The molecule has 0 heterocycles. The van der Waals surface area contributed by atoms with Gasteiger partial charge in [0, 0.05) is 5.56 Å². The van der Waals surface area contributed by atoms with E-state index in [0.717, 1.165) is 27.8 Å². The van der Waals surface area contributed by atoms with Crippen LogP contribution >= 0.6 is 0 Å². The molecular formula is C22H18O3. The highest BCUT2D eigenvalue weighted by molar-refractivity contribution is 5.87. The molecule has 0 unspecified atom stereocenters. The molecule has 3 aromatic carbocycles. The number of phenols is 1. The Kier molecular flexibility index (Phi) is 4.66. The highest BCUT2D eigenvalue weighted by Gasteiger charge is 2.06. The lowest BCUT2D eigenvalue weighted by atomic mass is 9.96. The minimum absolute atomic E-state index is 0.257. The maximum atomic E-state index is 10.9. The first-order valence-electron chi connectivity index (χ1n) is 7.93. The molecule has 25 heavy (non-hydrogen) atoms. The normalized spacial score (nSPS) is 10.4. The second kappa shape index (κ2) is 7.05. The zero-order chi connectivity index (χ0) is 17.8. The van der Waals surface area contributed by atoms with Gasteiger partial charge in [-0.3, -0.25) is 0 Å². The van der Waals surface area contributed by atoms with Crippen molar-refractivity contribution in [2.75, 3.05) is 0 Å². The van der Waals surface area contributed by atoms with E-state index >= 15 is 0 Å². The number of carboxylic acids is 1. The summed E-state index contributed by atoms with van der Waals surface area (Å²) in [6.45, 7) is 4.13. The van der Waals surface area contributed by atoms with Gasteiger partial charge < -0.3 is 10.2 Å². The van der Waals surface area contributed by atoms with Crippen molar-refractivity contribution in [1.82, 2.24) is 0 Å². The van der Waals surface area contributed by atoms with Gasteiger partial charge in [0.1, 0.15) is 5.75 Å². The first-order chi connectivity index (χ1) is 12.0. The van der Waals surface area contributed by atoms with Crippen LogP contribution in [0.2, 0.25) is 0 Å². The number of hydrogen-bond donors (Lipinski definition) is 2. The average Bonchev–Trinajstić information content (AvgIpc) is 2.63. The lowest BCUT2D eigenvalue weighted by Gasteiger charge is -2.09. The third-order valence-electron chi connectivity index (χ3n) is 4.13. The zero-order valence-corrected chi connectivity index (χ0v) is 13.6. The summed E-state index contributed by atoms with van der Waals surface area (Å²) in [7, 11) is 0. The van der Waals surface area contributed by atoms with Crippen molar-refractivity contribution < 1.29 is 15.0 Å². The number of carboxylic acid groups (broad SMARTS) is 1. The predicted molar refractivity (Wildman–Crippen MR) is 99.7 cm³/mol. The molecule has 0 aliphatic heterocycles. The van der Waals surface area contributed by atoms with E-state index in [-0.39, 0.29) is 11.3 Å². The monoisotopic (exact) mass is 330 g/mol. The van der Waals surface area contributed by atoms with Crippen molar-refractivity contribution >= 4 is 11.5 Å². The van der Waals surface area contributed by atoms with Crippen molar-refractivity contribution in [3.63, 3.8) is 0 Å². The summed E-state index contributed by atoms with van der Waals surface area (Å²) in [5.41, 5.74) is 5.00. The van der Waals surface area contributed by atoms with Gasteiger partial charge in [-0.1, -0.05) is 61.2 Å². The predicted octanol–water partition coefficient (Wildman–Crippen LogP) is 5.01. The summed E-state index contributed by atoms with van der Waals surface area (Å²) >= 11 is 0. The fraction of sp³-hybridized carbons (Fsp3) is 0.0455. The Hall–Kier alpha value is -3.33. The van der Waals surface area contributed by atoms with Crippen LogP contribution in [-0.4, -0.2) is 16.2 Å². The number of rotatable bonds is 5. The van der Waals surface area contributed by atoms with Gasteiger partial charge in [0.25, 0.3) is 0 Å². The molecule has 0 radical (unpaired) electrons. The molecule has 0 aliphatic rings. The summed E-state index contributed by atoms with van der Waals surface area (Å²) in [5, 5.41) is 18.9. The molecule has 0 bridgehead atoms. The number of aromatic hydroxyl groups is 1. The third-order valence-corrected chi connectivity index (χ3v) is 4.13. The number of carbonyl (C=O) groups is 1. The van der Waals surface area contributed by atoms with E-state index in [9.17, 15) is 9.90 Å². The number of benzene rings is 3. The number of hydrogen-bond acceptors (Lipinski definition) is 2. The molecule has 0 spiro atoms. The van der Waals surface area contributed by atoms with Crippen molar-refractivity contribution in [3.05, 3.63) is 96.1 Å². The van der Waals surface area contributed by atoms with Crippen LogP contribution in [0.15, 0.2) is 79.4 Å². The largest absolute Gasteiger partial charge is 0.507 e. The van der Waals surface area contributed by atoms with Gasteiger partial charge in [0.2, 0.25) is 0 Å². The Morgan fingerprint density at radius 3 is 2.04 bits per heavy atom. The highest BCUT2D eigenvalue weighted by atomic mass is 16.4.